The van der Waals surface area contributed by atoms with Gasteiger partial charge in [-0.05, 0) is 0 Å². The first-order valence-corrected chi connectivity index (χ1v) is 3.78. The predicted octanol–water partition coefficient (Wildman–Crippen LogP) is 1.79. The molecule has 0 saturated heterocycles. The molecule has 1 N–H and O–H groups in total. The molecule has 0 aliphatic carbocycles. The van der Waals surface area contributed by atoms with E-state index in [-0.39, 0.29) is 38.6 Å². The van der Waals surface area contributed by atoms with E-state index < -0.39 is 0 Å². The number of hydrogen-bond acceptors (Lipinski definition) is 1. The van der Waals surface area contributed by atoms with Crippen LogP contribution in [0.4, 0.5) is 0 Å². The van der Waals surface area contributed by atoms with Gasteiger partial charge in [0.2, 0.25) is 0 Å². The van der Waals surface area contributed by atoms with Crippen LogP contribution in [0.25, 0.3) is 0 Å². The molecule has 1 rings (SSSR count). The summed E-state index contributed by atoms with van der Waals surface area (Å²) in [5.41, 5.74) is 0. The number of amides is 1. The summed E-state index contributed by atoms with van der Waals surface area (Å²) in [7, 11) is 3.16. The van der Waals surface area contributed by atoms with E-state index in [1.54, 1.807) is 6.92 Å². The topological polar surface area (TPSA) is 29.1 Å². The van der Waals surface area contributed by atoms with E-state index in [2.05, 4.69) is 18.4 Å². The molecule has 2 nitrogen and oxygen atoms in total. The summed E-state index contributed by atoms with van der Waals surface area (Å²) in [4.78, 5) is 10.0. The maximum absolute atomic E-state index is 10.0. The van der Waals surface area contributed by atoms with Crippen LogP contribution in [-0.4, -0.2) is 5.91 Å². The second-order valence-corrected chi connectivity index (χ2v) is 2.03. The summed E-state index contributed by atoms with van der Waals surface area (Å²) in [5, 5.41) is 2.23. The minimum absolute atomic E-state index is 0. The minimum atomic E-state index is -0.0185. The van der Waals surface area contributed by atoms with E-state index in [0.717, 1.165) is 0 Å². The molecule has 0 unspecified atom stereocenters. The molecule has 0 aliphatic rings. The fourth-order valence-electron chi connectivity index (χ4n) is 0.467. The van der Waals surface area contributed by atoms with Crippen molar-refractivity contribution in [1.82, 2.24) is 5.32 Å². The van der Waals surface area contributed by atoms with Crippen LogP contribution in [0.1, 0.15) is 13.3 Å². The molecular formula is C10H13NOY+. The van der Waals surface area contributed by atoms with Gasteiger partial charge in [0.1, 0.15) is 0 Å². The molecule has 1 amide bonds. The van der Waals surface area contributed by atoms with Gasteiger partial charge >= 0.3 is 32.7 Å². The maximum atomic E-state index is 10.0. The Morgan fingerprint density at radius 3 is 2.00 bits per heavy atom. The molecule has 0 aromatic heterocycles. The zero-order chi connectivity index (χ0) is 9.23. The minimum Gasteiger partial charge on any atom is -0.508 e. The molecule has 0 fully saturated rings. The largest absolute Gasteiger partial charge is 3.00 e. The van der Waals surface area contributed by atoms with Crippen LogP contribution in [0.5, 0.6) is 0 Å². The number of nitrogens with one attached hydrogen (secondary N) is 1. The summed E-state index contributed by atoms with van der Waals surface area (Å²) >= 11 is 0. The first kappa shape index (κ1) is 15.3. The summed E-state index contributed by atoms with van der Waals surface area (Å²) < 4.78 is 0. The molecule has 1 aromatic rings. The van der Waals surface area contributed by atoms with Gasteiger partial charge < -0.3 is 5.32 Å². The third-order valence-electron chi connectivity index (χ3n) is 1.13. The first-order valence-electron chi connectivity index (χ1n) is 3.78. The molecule has 0 radical (unpaired) electrons. The summed E-state index contributed by atoms with van der Waals surface area (Å²) in [5.74, 6) is -0.0185. The van der Waals surface area contributed by atoms with Crippen LogP contribution in [0, 0.1) is 13.1 Å². The molecule has 1 aromatic carbocycles. The Morgan fingerprint density at radius 1 is 1.38 bits per heavy atom. The van der Waals surface area contributed by atoms with Gasteiger partial charge in [0.15, 0.2) is 5.91 Å². The quantitative estimate of drug-likeness (QED) is 0.758. The Labute approximate surface area is 105 Å². The third-order valence-corrected chi connectivity index (χ3v) is 1.13. The molecule has 0 bridgehead atoms. The summed E-state index contributed by atoms with van der Waals surface area (Å²) in [6, 6.07) is 12.5. The van der Waals surface area contributed by atoms with Gasteiger partial charge in [0, 0.05) is 6.42 Å². The summed E-state index contributed by atoms with van der Waals surface area (Å²) in [6.07, 6.45) is 0.517. The smallest absolute Gasteiger partial charge is 0.508 e. The zero-order valence-corrected chi connectivity index (χ0v) is 10.6. The van der Waals surface area contributed by atoms with E-state index in [1.165, 1.54) is 0 Å². The molecule has 13 heavy (non-hydrogen) atoms. The summed E-state index contributed by atoms with van der Waals surface area (Å²) in [6.45, 7) is 1.78. The fraction of sp³-hybridized carbons (Fsp3) is 0.200. The van der Waals surface area contributed by atoms with Crippen molar-refractivity contribution in [3.63, 3.8) is 0 Å². The number of rotatable bonds is 1. The molecule has 66 valence electrons. The second-order valence-electron chi connectivity index (χ2n) is 2.03. The van der Waals surface area contributed by atoms with E-state index >= 15 is 0 Å². The molecule has 0 heterocycles. The zero-order valence-electron chi connectivity index (χ0n) is 7.79. The third kappa shape index (κ3) is 11.8. The first-order chi connectivity index (χ1) is 5.81. The van der Waals surface area contributed by atoms with Gasteiger partial charge in [-0.25, -0.2) is 0 Å². The Bertz CT molecular complexity index is 169. The van der Waals surface area contributed by atoms with Crippen LogP contribution >= 0.6 is 0 Å². The van der Waals surface area contributed by atoms with E-state index in [9.17, 15) is 4.79 Å². The molecule has 0 aliphatic heterocycles. The second kappa shape index (κ2) is 11.8. The van der Waals surface area contributed by atoms with Crippen molar-refractivity contribution >= 4 is 5.91 Å². The number of carbonyl (C=O) groups excluding carboxylic acids is 1. The monoisotopic (exact) mass is 252 g/mol. The van der Waals surface area contributed by atoms with Crippen molar-refractivity contribution in [2.24, 2.45) is 0 Å². The number of carbonyl (C=O) groups is 1. The van der Waals surface area contributed by atoms with Crippen molar-refractivity contribution in [1.29, 1.82) is 0 Å². The molecule has 0 spiro atoms. The van der Waals surface area contributed by atoms with Crippen molar-refractivity contribution in [2.75, 3.05) is 0 Å². The van der Waals surface area contributed by atoms with Gasteiger partial charge in [-0.3, -0.25) is 11.8 Å². The van der Waals surface area contributed by atoms with Gasteiger partial charge in [-0.2, -0.15) is 36.4 Å². The Hall–Kier alpha value is -0.206. The van der Waals surface area contributed by atoms with Gasteiger partial charge in [0.25, 0.3) is 0 Å². The van der Waals surface area contributed by atoms with E-state index in [0.29, 0.717) is 6.42 Å². The Balaban J connectivity index is 0. The predicted molar refractivity (Wildman–Crippen MR) is 49.1 cm³/mol. The number of hydrogen-bond donors (Lipinski definition) is 1. The van der Waals surface area contributed by atoms with Gasteiger partial charge in [-0.1, -0.05) is 6.92 Å². The SMILES string of the molecule is [CH2-]NC(=O)CC.[Y+3].[c-]1ccccc1. The maximum Gasteiger partial charge on any atom is 3.00 e. The number of benzene rings is 1. The van der Waals surface area contributed by atoms with Crippen molar-refractivity contribution in [3.05, 3.63) is 43.4 Å². The van der Waals surface area contributed by atoms with E-state index in [4.69, 9.17) is 0 Å². The van der Waals surface area contributed by atoms with Crippen LogP contribution in [0.3, 0.4) is 0 Å². The molecular weight excluding hydrogens is 239 g/mol. The molecule has 3 heteroatoms. The van der Waals surface area contributed by atoms with Gasteiger partial charge in [0.05, 0.1) is 0 Å². The van der Waals surface area contributed by atoms with Crippen LogP contribution < -0.4 is 5.32 Å². The van der Waals surface area contributed by atoms with Crippen molar-refractivity contribution < 1.29 is 37.5 Å². The van der Waals surface area contributed by atoms with Crippen LogP contribution in [-0.2, 0) is 37.5 Å². The van der Waals surface area contributed by atoms with Crippen LogP contribution in [0.2, 0.25) is 0 Å². The van der Waals surface area contributed by atoms with Crippen molar-refractivity contribution in [2.45, 2.75) is 13.3 Å². The molecule has 0 saturated carbocycles. The van der Waals surface area contributed by atoms with E-state index in [1.807, 2.05) is 30.3 Å². The normalized spacial score (nSPS) is 7.23. The van der Waals surface area contributed by atoms with Crippen molar-refractivity contribution in [3.8, 4) is 0 Å². The fourth-order valence-corrected chi connectivity index (χ4v) is 0.467. The van der Waals surface area contributed by atoms with Crippen LogP contribution in [0.15, 0.2) is 30.3 Å². The standard InChI is InChI=1S/C6H5.C4H8NO.Y/c1-2-4-6-5-3-1;1-3-4(6)5-2;/h1-5H;2-3H2,1H3,(H,5,6);/q2*-1;+3. The average Bonchev–Trinajstić information content (AvgIpc) is 2.20. The Morgan fingerprint density at radius 2 is 1.92 bits per heavy atom. The average molecular weight is 252 g/mol. The Kier molecular flexibility index (Phi) is 13.9. The molecule has 0 atom stereocenters. The van der Waals surface area contributed by atoms with Gasteiger partial charge in [-0.15, -0.1) is 0 Å².